The highest BCUT2D eigenvalue weighted by Gasteiger charge is 2.23. The number of rotatable bonds is 3. The molecule has 0 aliphatic heterocycles. The van der Waals surface area contributed by atoms with Crippen LogP contribution in [0.2, 0.25) is 0 Å². The zero-order valence-electron chi connectivity index (χ0n) is 9.18. The molecular weight excluding hydrogens is 160 g/mol. The first-order valence-electron chi connectivity index (χ1n) is 5.75. The second-order valence-electron chi connectivity index (χ2n) is 5.38. The molecule has 0 atom stereocenters. The molecule has 1 N–H and O–H groups in total. The second-order valence-corrected chi connectivity index (χ2v) is 5.38. The van der Waals surface area contributed by atoms with Gasteiger partial charge >= 0.3 is 0 Å². The number of aliphatic hydroxyl groups excluding tert-OH is 1. The number of aliphatic hydroxyl groups is 1. The first kappa shape index (κ1) is 11.0. The lowest BCUT2D eigenvalue weighted by Gasteiger charge is -2.27. The maximum Gasteiger partial charge on any atom is 0.0482 e. The zero-order valence-corrected chi connectivity index (χ0v) is 9.18. The lowest BCUT2D eigenvalue weighted by molar-refractivity contribution is 0.126. The maximum atomic E-state index is 9.19. The summed E-state index contributed by atoms with van der Waals surface area (Å²) >= 11 is 0. The van der Waals surface area contributed by atoms with Gasteiger partial charge in [-0.05, 0) is 17.8 Å². The molecule has 0 aromatic heterocycles. The van der Waals surface area contributed by atoms with Crippen LogP contribution in [0.4, 0.5) is 0 Å². The molecule has 0 spiro atoms. The van der Waals surface area contributed by atoms with Crippen molar-refractivity contribution < 1.29 is 5.11 Å². The smallest absolute Gasteiger partial charge is 0.0482 e. The molecule has 78 valence electrons. The van der Waals surface area contributed by atoms with E-state index in [0.29, 0.717) is 6.61 Å². The van der Waals surface area contributed by atoms with Crippen molar-refractivity contribution in [1.82, 2.24) is 0 Å². The first-order chi connectivity index (χ1) is 6.14. The molecule has 0 amide bonds. The predicted molar refractivity (Wildman–Crippen MR) is 56.7 cm³/mol. The third-order valence-electron chi connectivity index (χ3n) is 3.24. The molecule has 1 fully saturated rings. The fraction of sp³-hybridized carbons (Fsp3) is 1.00. The van der Waals surface area contributed by atoms with E-state index in [-0.39, 0.29) is 5.41 Å². The highest BCUT2D eigenvalue weighted by molar-refractivity contribution is 4.74. The monoisotopic (exact) mass is 184 g/mol. The number of hydrogen-bond donors (Lipinski definition) is 1. The SMILES string of the molecule is CC(C)(CO)CC1CCCCCC1. The van der Waals surface area contributed by atoms with Gasteiger partial charge in [0.1, 0.15) is 0 Å². The fourth-order valence-electron chi connectivity index (χ4n) is 2.41. The van der Waals surface area contributed by atoms with Crippen LogP contribution in [0, 0.1) is 11.3 Å². The molecule has 1 heteroatoms. The molecule has 0 aromatic rings. The molecule has 13 heavy (non-hydrogen) atoms. The quantitative estimate of drug-likeness (QED) is 0.667. The van der Waals surface area contributed by atoms with Crippen molar-refractivity contribution in [2.24, 2.45) is 11.3 Å². The Morgan fingerprint density at radius 2 is 1.62 bits per heavy atom. The Labute approximate surface area is 82.5 Å². The standard InChI is InChI=1S/C12H24O/c1-12(2,10-13)9-11-7-5-3-4-6-8-11/h11,13H,3-10H2,1-2H3. The third-order valence-corrected chi connectivity index (χ3v) is 3.24. The van der Waals surface area contributed by atoms with Gasteiger partial charge in [-0.25, -0.2) is 0 Å². The molecule has 1 saturated carbocycles. The summed E-state index contributed by atoms with van der Waals surface area (Å²) in [6.07, 6.45) is 9.67. The van der Waals surface area contributed by atoms with E-state index in [0.717, 1.165) is 5.92 Å². The van der Waals surface area contributed by atoms with Crippen LogP contribution in [-0.4, -0.2) is 11.7 Å². The molecular formula is C12H24O. The van der Waals surface area contributed by atoms with Gasteiger partial charge < -0.3 is 5.11 Å². The van der Waals surface area contributed by atoms with E-state index in [4.69, 9.17) is 0 Å². The lowest BCUT2D eigenvalue weighted by atomic mass is 9.80. The molecule has 0 aromatic carbocycles. The van der Waals surface area contributed by atoms with Crippen LogP contribution < -0.4 is 0 Å². The van der Waals surface area contributed by atoms with Gasteiger partial charge in [0.15, 0.2) is 0 Å². The van der Waals surface area contributed by atoms with Crippen LogP contribution in [-0.2, 0) is 0 Å². The van der Waals surface area contributed by atoms with Crippen LogP contribution in [0.15, 0.2) is 0 Å². The molecule has 0 unspecified atom stereocenters. The van der Waals surface area contributed by atoms with Gasteiger partial charge in [0.2, 0.25) is 0 Å². The molecule has 0 bridgehead atoms. The largest absolute Gasteiger partial charge is 0.396 e. The Bertz CT molecular complexity index is 132. The predicted octanol–water partition coefficient (Wildman–Crippen LogP) is 3.37. The normalized spacial score (nSPS) is 21.5. The third kappa shape index (κ3) is 4.12. The topological polar surface area (TPSA) is 20.2 Å². The summed E-state index contributed by atoms with van der Waals surface area (Å²) in [5, 5.41) is 9.19. The first-order valence-corrected chi connectivity index (χ1v) is 5.75. The Morgan fingerprint density at radius 3 is 2.08 bits per heavy atom. The van der Waals surface area contributed by atoms with E-state index in [1.807, 2.05) is 0 Å². The Hall–Kier alpha value is -0.0400. The van der Waals surface area contributed by atoms with E-state index < -0.39 is 0 Å². The Balaban J connectivity index is 2.33. The number of hydrogen-bond acceptors (Lipinski definition) is 1. The van der Waals surface area contributed by atoms with Crippen molar-refractivity contribution in [2.45, 2.75) is 58.8 Å². The van der Waals surface area contributed by atoms with Gasteiger partial charge in [0.25, 0.3) is 0 Å². The Kier molecular flexibility index (Phi) is 4.24. The van der Waals surface area contributed by atoms with Crippen LogP contribution in [0.1, 0.15) is 58.8 Å². The van der Waals surface area contributed by atoms with Gasteiger partial charge in [-0.15, -0.1) is 0 Å². The highest BCUT2D eigenvalue weighted by Crippen LogP contribution is 2.33. The van der Waals surface area contributed by atoms with Crippen molar-refractivity contribution in [3.63, 3.8) is 0 Å². The highest BCUT2D eigenvalue weighted by atomic mass is 16.3. The minimum absolute atomic E-state index is 0.148. The van der Waals surface area contributed by atoms with Gasteiger partial charge in [-0.3, -0.25) is 0 Å². The van der Waals surface area contributed by atoms with E-state index in [9.17, 15) is 5.11 Å². The van der Waals surface area contributed by atoms with Crippen molar-refractivity contribution in [3.05, 3.63) is 0 Å². The molecule has 1 aliphatic rings. The van der Waals surface area contributed by atoms with Crippen molar-refractivity contribution in [2.75, 3.05) is 6.61 Å². The molecule has 0 heterocycles. The van der Waals surface area contributed by atoms with E-state index in [2.05, 4.69) is 13.8 Å². The lowest BCUT2D eigenvalue weighted by Crippen LogP contribution is -2.21. The van der Waals surface area contributed by atoms with Crippen LogP contribution in [0.5, 0.6) is 0 Å². The summed E-state index contributed by atoms with van der Waals surface area (Å²) in [7, 11) is 0. The molecule has 1 aliphatic carbocycles. The molecule has 0 radical (unpaired) electrons. The van der Waals surface area contributed by atoms with Gasteiger partial charge in [-0.2, -0.15) is 0 Å². The van der Waals surface area contributed by atoms with Crippen molar-refractivity contribution in [1.29, 1.82) is 0 Å². The summed E-state index contributed by atoms with van der Waals surface area (Å²) < 4.78 is 0. The Morgan fingerprint density at radius 1 is 1.08 bits per heavy atom. The van der Waals surface area contributed by atoms with Gasteiger partial charge in [0.05, 0.1) is 0 Å². The average molecular weight is 184 g/mol. The van der Waals surface area contributed by atoms with E-state index >= 15 is 0 Å². The minimum Gasteiger partial charge on any atom is -0.396 e. The molecule has 0 saturated heterocycles. The second kappa shape index (κ2) is 4.99. The average Bonchev–Trinajstić information content (AvgIpc) is 2.32. The van der Waals surface area contributed by atoms with Crippen molar-refractivity contribution >= 4 is 0 Å². The zero-order chi connectivity index (χ0) is 9.73. The molecule has 1 nitrogen and oxygen atoms in total. The summed E-state index contributed by atoms with van der Waals surface area (Å²) in [5.41, 5.74) is 0.148. The van der Waals surface area contributed by atoms with Crippen molar-refractivity contribution in [3.8, 4) is 0 Å². The van der Waals surface area contributed by atoms with E-state index in [1.165, 1.54) is 44.9 Å². The summed E-state index contributed by atoms with van der Waals surface area (Å²) in [4.78, 5) is 0. The van der Waals surface area contributed by atoms with Gasteiger partial charge in [-0.1, -0.05) is 52.4 Å². The van der Waals surface area contributed by atoms with Crippen LogP contribution in [0.3, 0.4) is 0 Å². The fourth-order valence-corrected chi connectivity index (χ4v) is 2.41. The maximum absolute atomic E-state index is 9.19. The van der Waals surface area contributed by atoms with Gasteiger partial charge in [0, 0.05) is 6.61 Å². The van der Waals surface area contributed by atoms with Crippen LogP contribution >= 0.6 is 0 Å². The summed E-state index contributed by atoms with van der Waals surface area (Å²) in [5.74, 6) is 0.879. The van der Waals surface area contributed by atoms with E-state index in [1.54, 1.807) is 0 Å². The summed E-state index contributed by atoms with van der Waals surface area (Å²) in [6.45, 7) is 4.69. The molecule has 1 rings (SSSR count). The summed E-state index contributed by atoms with van der Waals surface area (Å²) in [6, 6.07) is 0. The van der Waals surface area contributed by atoms with Crippen LogP contribution in [0.25, 0.3) is 0 Å². The minimum atomic E-state index is 0.148.